The quantitative estimate of drug-likeness (QED) is 0.662. The first-order chi connectivity index (χ1) is 10.3. The van der Waals surface area contributed by atoms with E-state index in [1.807, 2.05) is 54.6 Å². The van der Waals surface area contributed by atoms with Crippen molar-refractivity contribution in [2.75, 3.05) is 18.4 Å². The monoisotopic (exact) mass is 281 g/mol. The molecule has 0 atom stereocenters. The Kier molecular flexibility index (Phi) is 4.05. The van der Waals surface area contributed by atoms with Gasteiger partial charge in [-0.15, -0.1) is 0 Å². The third-order valence-corrected chi connectivity index (χ3v) is 3.50. The zero-order valence-electron chi connectivity index (χ0n) is 11.9. The molecule has 21 heavy (non-hydrogen) atoms. The summed E-state index contributed by atoms with van der Waals surface area (Å²) in [6.45, 7) is 1.93. The Labute approximate surface area is 124 Å². The van der Waals surface area contributed by atoms with Gasteiger partial charge in [0.15, 0.2) is 5.96 Å². The molecule has 0 bridgehead atoms. The highest BCUT2D eigenvalue weighted by atomic mass is 16.5. The molecule has 3 rings (SSSR count). The normalized spacial score (nSPS) is 14.0. The second-order valence-electron chi connectivity index (χ2n) is 5.11. The van der Waals surface area contributed by atoms with Crippen LogP contribution < -0.4 is 10.1 Å². The predicted molar refractivity (Wildman–Crippen MR) is 85.1 cm³/mol. The van der Waals surface area contributed by atoms with Crippen LogP contribution in [0.4, 0.5) is 5.69 Å². The van der Waals surface area contributed by atoms with Crippen LogP contribution in [-0.4, -0.2) is 23.9 Å². The maximum absolute atomic E-state index is 8.09. The summed E-state index contributed by atoms with van der Waals surface area (Å²) in [6, 6.07) is 17.4. The maximum atomic E-state index is 8.09. The number of benzene rings is 2. The predicted octanol–water partition coefficient (Wildman–Crippen LogP) is 3.92. The summed E-state index contributed by atoms with van der Waals surface area (Å²) in [4.78, 5) is 2.06. The molecule has 2 N–H and O–H groups in total. The smallest absolute Gasteiger partial charge is 0.195 e. The summed E-state index contributed by atoms with van der Waals surface area (Å²) in [7, 11) is 0. The molecular formula is C17H19N3O. The second kappa shape index (κ2) is 6.31. The number of guanidine groups is 1. The fraction of sp³-hybridized carbons (Fsp3) is 0.235. The number of anilines is 1. The average molecular weight is 281 g/mol. The molecule has 1 aliphatic rings. The van der Waals surface area contributed by atoms with Crippen molar-refractivity contribution in [1.29, 1.82) is 5.41 Å². The van der Waals surface area contributed by atoms with Crippen LogP contribution in [0.1, 0.15) is 12.8 Å². The lowest BCUT2D eigenvalue weighted by Gasteiger charge is -2.19. The zero-order chi connectivity index (χ0) is 14.5. The van der Waals surface area contributed by atoms with E-state index >= 15 is 0 Å². The Balaban J connectivity index is 1.66. The van der Waals surface area contributed by atoms with Gasteiger partial charge in [-0.05, 0) is 37.1 Å². The molecule has 0 unspecified atom stereocenters. The Bertz CT molecular complexity index is 606. The standard InChI is InChI=1S/C17H19N3O/c18-17(20-11-4-5-12-20)19-14-7-6-10-16(13-14)21-15-8-2-1-3-9-15/h1-3,6-10,13H,4-5,11-12H2,(H2,18,19). The van der Waals surface area contributed by atoms with Gasteiger partial charge in [-0.1, -0.05) is 24.3 Å². The molecule has 1 saturated heterocycles. The van der Waals surface area contributed by atoms with Crippen molar-refractivity contribution in [3.63, 3.8) is 0 Å². The van der Waals surface area contributed by atoms with Crippen LogP contribution in [-0.2, 0) is 0 Å². The summed E-state index contributed by atoms with van der Waals surface area (Å²) >= 11 is 0. The molecule has 4 nitrogen and oxygen atoms in total. The molecule has 0 spiro atoms. The maximum Gasteiger partial charge on any atom is 0.195 e. The number of nitrogens with one attached hydrogen (secondary N) is 2. The van der Waals surface area contributed by atoms with Gasteiger partial charge in [0.05, 0.1) is 0 Å². The van der Waals surface area contributed by atoms with Crippen molar-refractivity contribution < 1.29 is 4.74 Å². The molecule has 0 amide bonds. The largest absolute Gasteiger partial charge is 0.457 e. The molecule has 108 valence electrons. The van der Waals surface area contributed by atoms with Crippen molar-refractivity contribution in [1.82, 2.24) is 4.90 Å². The van der Waals surface area contributed by atoms with E-state index in [1.165, 1.54) is 12.8 Å². The lowest BCUT2D eigenvalue weighted by molar-refractivity contribution is 0.483. The van der Waals surface area contributed by atoms with Crippen molar-refractivity contribution in [2.24, 2.45) is 0 Å². The minimum atomic E-state index is 0.462. The van der Waals surface area contributed by atoms with Crippen molar-refractivity contribution in [3.05, 3.63) is 54.6 Å². The molecule has 4 heteroatoms. The lowest BCUT2D eigenvalue weighted by atomic mass is 10.3. The van der Waals surface area contributed by atoms with E-state index in [0.717, 1.165) is 30.3 Å². The van der Waals surface area contributed by atoms with Crippen molar-refractivity contribution in [3.8, 4) is 11.5 Å². The number of hydrogen-bond donors (Lipinski definition) is 2. The fourth-order valence-electron chi connectivity index (χ4n) is 2.42. The first kappa shape index (κ1) is 13.5. The van der Waals surface area contributed by atoms with Gasteiger partial charge in [-0.25, -0.2) is 0 Å². The minimum absolute atomic E-state index is 0.462. The Morgan fingerprint density at radius 1 is 0.952 bits per heavy atom. The number of para-hydroxylation sites is 1. The van der Waals surface area contributed by atoms with Gasteiger partial charge in [0, 0.05) is 24.8 Å². The number of nitrogens with zero attached hydrogens (tertiary/aromatic N) is 1. The Morgan fingerprint density at radius 3 is 2.43 bits per heavy atom. The molecule has 0 aromatic heterocycles. The molecule has 1 fully saturated rings. The highest BCUT2D eigenvalue weighted by molar-refractivity contribution is 5.91. The SMILES string of the molecule is N=C(Nc1cccc(Oc2ccccc2)c1)N1CCCC1. The van der Waals surface area contributed by atoms with Crippen LogP contribution in [0.3, 0.4) is 0 Å². The van der Waals surface area contributed by atoms with Crippen LogP contribution in [0, 0.1) is 5.41 Å². The number of hydrogen-bond acceptors (Lipinski definition) is 2. The van der Waals surface area contributed by atoms with Crippen LogP contribution in [0.15, 0.2) is 54.6 Å². The zero-order valence-corrected chi connectivity index (χ0v) is 11.9. The van der Waals surface area contributed by atoms with E-state index in [1.54, 1.807) is 0 Å². The molecule has 1 heterocycles. The average Bonchev–Trinajstić information content (AvgIpc) is 3.03. The van der Waals surface area contributed by atoms with Gasteiger partial charge >= 0.3 is 0 Å². The van der Waals surface area contributed by atoms with Crippen molar-refractivity contribution in [2.45, 2.75) is 12.8 Å². The van der Waals surface area contributed by atoms with Crippen molar-refractivity contribution >= 4 is 11.6 Å². The second-order valence-corrected chi connectivity index (χ2v) is 5.11. The van der Waals surface area contributed by atoms with E-state index in [-0.39, 0.29) is 0 Å². The summed E-state index contributed by atoms with van der Waals surface area (Å²) < 4.78 is 5.80. The van der Waals surface area contributed by atoms with E-state index < -0.39 is 0 Å². The Hall–Kier alpha value is -2.49. The van der Waals surface area contributed by atoms with E-state index in [4.69, 9.17) is 10.1 Å². The first-order valence-corrected chi connectivity index (χ1v) is 7.25. The molecule has 2 aromatic carbocycles. The highest BCUT2D eigenvalue weighted by Gasteiger charge is 2.14. The Morgan fingerprint density at radius 2 is 1.67 bits per heavy atom. The van der Waals surface area contributed by atoms with E-state index in [2.05, 4.69) is 10.2 Å². The third-order valence-electron chi connectivity index (χ3n) is 3.50. The fourth-order valence-corrected chi connectivity index (χ4v) is 2.42. The summed E-state index contributed by atoms with van der Waals surface area (Å²) in [5, 5.41) is 11.2. The number of ether oxygens (including phenoxy) is 1. The lowest BCUT2D eigenvalue weighted by Crippen LogP contribution is -2.32. The third kappa shape index (κ3) is 3.54. The number of likely N-dealkylation sites (tertiary alicyclic amines) is 1. The summed E-state index contributed by atoms with van der Waals surface area (Å²) in [5.74, 6) is 2.04. The van der Waals surface area contributed by atoms with Crippen LogP contribution in [0.25, 0.3) is 0 Å². The van der Waals surface area contributed by atoms with Gasteiger partial charge in [-0.2, -0.15) is 0 Å². The van der Waals surface area contributed by atoms with Gasteiger partial charge in [-0.3, -0.25) is 5.41 Å². The first-order valence-electron chi connectivity index (χ1n) is 7.25. The van der Waals surface area contributed by atoms with E-state index in [0.29, 0.717) is 5.96 Å². The van der Waals surface area contributed by atoms with Crippen LogP contribution in [0.5, 0.6) is 11.5 Å². The van der Waals surface area contributed by atoms with Gasteiger partial charge < -0.3 is 15.0 Å². The molecule has 0 saturated carbocycles. The van der Waals surface area contributed by atoms with Gasteiger partial charge in [0.25, 0.3) is 0 Å². The molecular weight excluding hydrogens is 262 g/mol. The van der Waals surface area contributed by atoms with Gasteiger partial charge in [0.2, 0.25) is 0 Å². The highest BCUT2D eigenvalue weighted by Crippen LogP contribution is 2.24. The van der Waals surface area contributed by atoms with Crippen LogP contribution in [0.2, 0.25) is 0 Å². The minimum Gasteiger partial charge on any atom is -0.457 e. The van der Waals surface area contributed by atoms with Gasteiger partial charge in [0.1, 0.15) is 11.5 Å². The summed E-state index contributed by atoms with van der Waals surface area (Å²) in [5.41, 5.74) is 0.875. The van der Waals surface area contributed by atoms with E-state index in [9.17, 15) is 0 Å². The molecule has 2 aromatic rings. The topological polar surface area (TPSA) is 48.4 Å². The molecule has 0 radical (unpaired) electrons. The number of rotatable bonds is 3. The molecule has 0 aliphatic carbocycles. The molecule has 1 aliphatic heterocycles. The summed E-state index contributed by atoms with van der Waals surface area (Å²) in [6.07, 6.45) is 2.34. The van der Waals surface area contributed by atoms with Crippen LogP contribution >= 0.6 is 0 Å².